The molecule has 1 fully saturated rings. The van der Waals surface area contributed by atoms with Crippen molar-refractivity contribution in [3.8, 4) is 0 Å². The maximum absolute atomic E-state index is 12.4. The quantitative estimate of drug-likeness (QED) is 0.459. The van der Waals surface area contributed by atoms with Gasteiger partial charge >= 0.3 is 0 Å². The highest BCUT2D eigenvalue weighted by molar-refractivity contribution is 14.1. The summed E-state index contributed by atoms with van der Waals surface area (Å²) < 4.78 is 0.613. The van der Waals surface area contributed by atoms with E-state index in [1.165, 1.54) is 18.2 Å². The highest BCUT2D eigenvalue weighted by Gasteiger charge is 2.26. The summed E-state index contributed by atoms with van der Waals surface area (Å²) in [4.78, 5) is 24.5. The molecule has 1 aliphatic heterocycles. The molecule has 1 aromatic carbocycles. The molecule has 1 amide bonds. The van der Waals surface area contributed by atoms with E-state index in [1.807, 2.05) is 29.5 Å². The molecule has 2 rings (SSSR count). The second kappa shape index (κ2) is 7.19. The number of amides is 1. The number of non-ortho nitro benzene ring substituents is 1. The lowest BCUT2D eigenvalue weighted by atomic mass is 10.1. The Morgan fingerprint density at radius 1 is 1.55 bits per heavy atom. The lowest BCUT2D eigenvalue weighted by molar-refractivity contribution is -0.384. The van der Waals surface area contributed by atoms with Gasteiger partial charge in [0.1, 0.15) is 0 Å². The predicted octanol–water partition coefficient (Wildman–Crippen LogP) is 2.06. The predicted molar refractivity (Wildman–Crippen MR) is 86.4 cm³/mol. The Labute approximate surface area is 136 Å². The normalized spacial score (nSPS) is 18.3. The number of halogens is 2. The lowest BCUT2D eigenvalue weighted by Gasteiger charge is -2.34. The average Bonchev–Trinajstić information content (AvgIpc) is 2.38. The van der Waals surface area contributed by atoms with Crippen LogP contribution in [0.25, 0.3) is 0 Å². The van der Waals surface area contributed by atoms with Crippen molar-refractivity contribution in [2.75, 3.05) is 19.6 Å². The van der Waals surface area contributed by atoms with Gasteiger partial charge in [-0.1, -0.05) is 0 Å². The van der Waals surface area contributed by atoms with Crippen LogP contribution >= 0.6 is 35.0 Å². The average molecular weight is 412 g/mol. The van der Waals surface area contributed by atoms with Gasteiger partial charge in [-0.05, 0) is 35.6 Å². The summed E-state index contributed by atoms with van der Waals surface area (Å²) in [6.45, 7) is 4.20. The van der Waals surface area contributed by atoms with Crippen LogP contribution in [-0.2, 0) is 0 Å². The third-order valence-electron chi connectivity index (χ3n) is 3.16. The van der Waals surface area contributed by atoms with Crippen molar-refractivity contribution in [2.24, 2.45) is 0 Å². The van der Waals surface area contributed by atoms with Gasteiger partial charge in [0.2, 0.25) is 0 Å². The van der Waals surface area contributed by atoms with E-state index in [1.54, 1.807) is 4.90 Å². The van der Waals surface area contributed by atoms with Crippen molar-refractivity contribution in [3.63, 3.8) is 0 Å². The highest BCUT2D eigenvalue weighted by atomic mass is 127. The first kappa shape index (κ1) is 17.1. The van der Waals surface area contributed by atoms with Crippen molar-refractivity contribution in [1.29, 1.82) is 0 Å². The second-order valence-corrected chi connectivity index (χ2v) is 5.64. The number of nitrogens with zero attached hydrogens (tertiary/aromatic N) is 2. The maximum Gasteiger partial charge on any atom is 0.270 e. The molecule has 0 aromatic heterocycles. The van der Waals surface area contributed by atoms with Crippen molar-refractivity contribution in [3.05, 3.63) is 37.4 Å². The SMILES string of the molecule is C[C@H]1CNCCN1C(=O)c1ccc([N+](=O)[O-])cc1I.Cl. The van der Waals surface area contributed by atoms with Crippen LogP contribution in [0.1, 0.15) is 17.3 Å². The second-order valence-electron chi connectivity index (χ2n) is 4.47. The van der Waals surface area contributed by atoms with Crippen LogP contribution < -0.4 is 5.32 Å². The Morgan fingerprint density at radius 2 is 2.25 bits per heavy atom. The summed E-state index contributed by atoms with van der Waals surface area (Å²) in [5.74, 6) is -0.0618. The van der Waals surface area contributed by atoms with Crippen LogP contribution in [0.3, 0.4) is 0 Å². The summed E-state index contributed by atoms with van der Waals surface area (Å²) in [7, 11) is 0. The molecule has 0 spiro atoms. The summed E-state index contributed by atoms with van der Waals surface area (Å²) in [6, 6.07) is 4.48. The van der Waals surface area contributed by atoms with Crippen molar-refractivity contribution in [1.82, 2.24) is 10.2 Å². The molecule has 0 radical (unpaired) electrons. The third-order valence-corrected chi connectivity index (χ3v) is 4.05. The van der Waals surface area contributed by atoms with Crippen LogP contribution in [-0.4, -0.2) is 41.4 Å². The van der Waals surface area contributed by atoms with E-state index in [0.717, 1.165) is 13.1 Å². The van der Waals surface area contributed by atoms with Crippen molar-refractivity contribution >= 4 is 46.6 Å². The Bertz CT molecular complexity index is 527. The van der Waals surface area contributed by atoms with Crippen LogP contribution in [0.5, 0.6) is 0 Å². The number of carbonyl (C=O) groups excluding carboxylic acids is 1. The number of carbonyl (C=O) groups is 1. The van der Waals surface area contributed by atoms with Gasteiger partial charge in [0.15, 0.2) is 0 Å². The zero-order chi connectivity index (χ0) is 14.0. The fourth-order valence-electron chi connectivity index (χ4n) is 2.09. The minimum absolute atomic E-state index is 0. The summed E-state index contributed by atoms with van der Waals surface area (Å²) >= 11 is 1.97. The molecule has 1 heterocycles. The number of hydrogen-bond donors (Lipinski definition) is 1. The third kappa shape index (κ3) is 3.58. The Balaban J connectivity index is 0.00000200. The van der Waals surface area contributed by atoms with Gasteiger partial charge in [0.25, 0.3) is 11.6 Å². The number of nitrogens with one attached hydrogen (secondary N) is 1. The Kier molecular flexibility index (Phi) is 6.15. The number of nitro benzene ring substituents is 1. The first-order valence-electron chi connectivity index (χ1n) is 5.96. The molecule has 110 valence electrons. The van der Waals surface area contributed by atoms with Gasteiger partial charge in [-0.25, -0.2) is 0 Å². The summed E-state index contributed by atoms with van der Waals surface area (Å²) in [6.07, 6.45) is 0. The van der Waals surface area contributed by atoms with E-state index >= 15 is 0 Å². The number of benzene rings is 1. The molecule has 20 heavy (non-hydrogen) atoms. The van der Waals surface area contributed by atoms with E-state index in [0.29, 0.717) is 15.7 Å². The van der Waals surface area contributed by atoms with Crippen LogP contribution in [0.15, 0.2) is 18.2 Å². The number of piperazine rings is 1. The molecule has 1 atom stereocenters. The standard InChI is InChI=1S/C12H14IN3O3.ClH/c1-8-7-14-4-5-15(8)12(17)10-3-2-9(16(18)19)6-11(10)13;/h2-3,6,8,14H,4-5,7H2,1H3;1H/t8-;/m0./s1. The number of nitro groups is 1. The van der Waals surface area contributed by atoms with Gasteiger partial charge < -0.3 is 10.2 Å². The van der Waals surface area contributed by atoms with Crippen LogP contribution in [0.2, 0.25) is 0 Å². The minimum Gasteiger partial charge on any atom is -0.333 e. The molecule has 0 aliphatic carbocycles. The first-order valence-corrected chi connectivity index (χ1v) is 7.04. The summed E-state index contributed by atoms with van der Waals surface area (Å²) in [5, 5.41) is 13.9. The molecule has 1 aliphatic rings. The van der Waals surface area contributed by atoms with Crippen LogP contribution in [0.4, 0.5) is 5.69 Å². The topological polar surface area (TPSA) is 75.5 Å². The molecule has 0 unspecified atom stereocenters. The molecular weight excluding hydrogens is 397 g/mol. The smallest absolute Gasteiger partial charge is 0.270 e. The molecule has 1 N–H and O–H groups in total. The molecule has 1 saturated heterocycles. The minimum atomic E-state index is -0.455. The molecular formula is C12H15ClIN3O3. The zero-order valence-electron chi connectivity index (χ0n) is 10.8. The zero-order valence-corrected chi connectivity index (χ0v) is 13.8. The maximum atomic E-state index is 12.4. The molecule has 0 bridgehead atoms. The van der Waals surface area contributed by atoms with E-state index in [2.05, 4.69) is 5.32 Å². The molecule has 8 heteroatoms. The van der Waals surface area contributed by atoms with Crippen molar-refractivity contribution in [2.45, 2.75) is 13.0 Å². The summed E-state index contributed by atoms with van der Waals surface area (Å²) in [5.41, 5.74) is 0.536. The number of rotatable bonds is 2. The fraction of sp³-hybridized carbons (Fsp3) is 0.417. The van der Waals surface area contributed by atoms with E-state index in [-0.39, 0.29) is 30.0 Å². The molecule has 1 aromatic rings. The van der Waals surface area contributed by atoms with Crippen LogP contribution in [0, 0.1) is 13.7 Å². The molecule has 6 nitrogen and oxygen atoms in total. The number of hydrogen-bond acceptors (Lipinski definition) is 4. The first-order chi connectivity index (χ1) is 9.00. The van der Waals surface area contributed by atoms with Gasteiger partial charge in [0, 0.05) is 41.4 Å². The lowest BCUT2D eigenvalue weighted by Crippen LogP contribution is -2.52. The van der Waals surface area contributed by atoms with E-state index < -0.39 is 4.92 Å². The van der Waals surface area contributed by atoms with Gasteiger partial charge in [-0.2, -0.15) is 0 Å². The van der Waals surface area contributed by atoms with Crippen molar-refractivity contribution < 1.29 is 9.72 Å². The largest absolute Gasteiger partial charge is 0.333 e. The van der Waals surface area contributed by atoms with Gasteiger partial charge in [-0.15, -0.1) is 12.4 Å². The Hall–Kier alpha value is -0.930. The highest BCUT2D eigenvalue weighted by Crippen LogP contribution is 2.22. The van der Waals surface area contributed by atoms with Gasteiger partial charge in [0.05, 0.1) is 10.5 Å². The monoisotopic (exact) mass is 411 g/mol. The van der Waals surface area contributed by atoms with E-state index in [4.69, 9.17) is 0 Å². The van der Waals surface area contributed by atoms with Gasteiger partial charge in [-0.3, -0.25) is 14.9 Å². The molecule has 0 saturated carbocycles. The Morgan fingerprint density at radius 3 is 2.80 bits per heavy atom. The fourth-order valence-corrected chi connectivity index (χ4v) is 2.82. The van der Waals surface area contributed by atoms with E-state index in [9.17, 15) is 14.9 Å².